The van der Waals surface area contributed by atoms with Gasteiger partial charge in [-0.2, -0.15) is 0 Å². The number of aromatic nitrogens is 4. The summed E-state index contributed by atoms with van der Waals surface area (Å²) in [7, 11) is 0. The van der Waals surface area contributed by atoms with E-state index < -0.39 is 0 Å². The van der Waals surface area contributed by atoms with Crippen LogP contribution in [0, 0.1) is 0 Å². The van der Waals surface area contributed by atoms with Gasteiger partial charge in [0.05, 0.1) is 5.52 Å². The van der Waals surface area contributed by atoms with Gasteiger partial charge in [0.25, 0.3) is 5.56 Å². The smallest absolute Gasteiger partial charge is 0.272 e. The molecule has 8 heteroatoms. The van der Waals surface area contributed by atoms with E-state index in [1.54, 1.807) is 4.57 Å². The van der Waals surface area contributed by atoms with Crippen LogP contribution in [-0.2, 0) is 30.7 Å². The average Bonchev–Trinajstić information content (AvgIpc) is 3.44. The summed E-state index contributed by atoms with van der Waals surface area (Å²) in [6, 6.07) is 10.3. The van der Waals surface area contributed by atoms with Crippen LogP contribution < -0.4 is 5.56 Å². The normalized spacial score (nSPS) is 13.8. The third kappa shape index (κ3) is 3.54. The first-order valence-electron chi connectivity index (χ1n) is 10.9. The van der Waals surface area contributed by atoms with Crippen LogP contribution in [0.1, 0.15) is 43.1 Å². The number of rotatable bonds is 6. The molecule has 5 rings (SSSR count). The first kappa shape index (κ1) is 19.9. The third-order valence-electron chi connectivity index (χ3n) is 6.06. The number of aryl methyl sites for hydroxylation is 2. The quantitative estimate of drug-likeness (QED) is 0.465. The summed E-state index contributed by atoms with van der Waals surface area (Å²) in [5, 5.41) is 10.6. The van der Waals surface area contributed by atoms with Crippen molar-refractivity contribution in [3.8, 4) is 0 Å². The van der Waals surface area contributed by atoms with Crippen LogP contribution in [-0.4, -0.2) is 36.5 Å². The number of thiophene rings is 1. The van der Waals surface area contributed by atoms with E-state index in [9.17, 15) is 9.59 Å². The Balaban J connectivity index is 1.41. The van der Waals surface area contributed by atoms with Gasteiger partial charge in [-0.05, 0) is 35.4 Å². The molecule has 4 heterocycles. The van der Waals surface area contributed by atoms with Crippen molar-refractivity contribution in [3.05, 3.63) is 63.0 Å². The molecule has 0 fully saturated rings. The van der Waals surface area contributed by atoms with Gasteiger partial charge < -0.3 is 4.90 Å². The number of nitrogens with zero attached hydrogens (tertiary/aromatic N) is 5. The van der Waals surface area contributed by atoms with E-state index in [2.05, 4.69) is 35.3 Å². The minimum atomic E-state index is -0.00652. The molecule has 0 bridgehead atoms. The molecule has 0 spiro atoms. The van der Waals surface area contributed by atoms with Gasteiger partial charge >= 0.3 is 0 Å². The van der Waals surface area contributed by atoms with Crippen LogP contribution in [0.3, 0.4) is 0 Å². The van der Waals surface area contributed by atoms with E-state index in [4.69, 9.17) is 0 Å². The van der Waals surface area contributed by atoms with Crippen molar-refractivity contribution in [1.29, 1.82) is 0 Å². The minimum Gasteiger partial charge on any atom is -0.338 e. The van der Waals surface area contributed by atoms with Crippen LogP contribution in [0.15, 0.2) is 40.5 Å². The number of benzene rings is 1. The summed E-state index contributed by atoms with van der Waals surface area (Å²) in [5.74, 6) is 1.43. The molecule has 0 unspecified atom stereocenters. The second kappa shape index (κ2) is 8.26. The Morgan fingerprint density at radius 2 is 2.00 bits per heavy atom. The molecule has 7 nitrogen and oxygen atoms in total. The lowest BCUT2D eigenvalue weighted by atomic mass is 9.99. The van der Waals surface area contributed by atoms with E-state index >= 15 is 0 Å². The van der Waals surface area contributed by atoms with E-state index in [1.165, 1.54) is 22.5 Å². The zero-order valence-corrected chi connectivity index (χ0v) is 18.4. The van der Waals surface area contributed by atoms with Gasteiger partial charge in [0, 0.05) is 32.5 Å². The molecule has 3 aromatic heterocycles. The van der Waals surface area contributed by atoms with E-state index in [1.807, 2.05) is 26.8 Å². The Labute approximate surface area is 183 Å². The number of carbonyl (C=O) groups is 1. The summed E-state index contributed by atoms with van der Waals surface area (Å²) >= 11 is 1.44. The number of hydrogen-bond acceptors (Lipinski definition) is 5. The van der Waals surface area contributed by atoms with E-state index in [0.29, 0.717) is 36.4 Å². The van der Waals surface area contributed by atoms with Gasteiger partial charge in [-0.1, -0.05) is 37.6 Å². The Kier molecular flexibility index (Phi) is 5.31. The van der Waals surface area contributed by atoms with Crippen molar-refractivity contribution in [1.82, 2.24) is 24.1 Å². The van der Waals surface area contributed by atoms with Gasteiger partial charge in [-0.15, -0.1) is 21.5 Å². The fraction of sp³-hybridized carbons (Fsp3) is 0.391. The van der Waals surface area contributed by atoms with Crippen LogP contribution in [0.5, 0.6) is 0 Å². The molecule has 0 saturated heterocycles. The van der Waals surface area contributed by atoms with Crippen molar-refractivity contribution in [2.24, 2.45) is 0 Å². The Bertz CT molecular complexity index is 1320. The molecule has 160 valence electrons. The van der Waals surface area contributed by atoms with Crippen molar-refractivity contribution in [2.75, 3.05) is 6.54 Å². The monoisotopic (exact) mass is 435 g/mol. The lowest BCUT2D eigenvalue weighted by Gasteiger charge is -2.28. The van der Waals surface area contributed by atoms with Crippen LogP contribution in [0.4, 0.5) is 0 Å². The highest BCUT2D eigenvalue weighted by Gasteiger charge is 2.22. The molecule has 1 aliphatic heterocycles. The average molecular weight is 436 g/mol. The molecule has 4 aromatic rings. The fourth-order valence-corrected chi connectivity index (χ4v) is 5.17. The first-order valence-corrected chi connectivity index (χ1v) is 11.7. The van der Waals surface area contributed by atoms with Gasteiger partial charge in [0.1, 0.15) is 10.5 Å². The van der Waals surface area contributed by atoms with Gasteiger partial charge in [0.2, 0.25) is 11.7 Å². The third-order valence-corrected chi connectivity index (χ3v) is 6.95. The Morgan fingerprint density at radius 3 is 2.84 bits per heavy atom. The van der Waals surface area contributed by atoms with E-state index in [0.717, 1.165) is 37.1 Å². The van der Waals surface area contributed by atoms with E-state index in [-0.39, 0.29) is 11.5 Å². The summed E-state index contributed by atoms with van der Waals surface area (Å²) in [5.41, 5.74) is 3.39. The molecule has 31 heavy (non-hydrogen) atoms. The Hall–Kier alpha value is -3.00. The molecule has 0 saturated carbocycles. The molecule has 1 aliphatic rings. The zero-order valence-electron chi connectivity index (χ0n) is 17.6. The summed E-state index contributed by atoms with van der Waals surface area (Å²) in [4.78, 5) is 27.8. The maximum Gasteiger partial charge on any atom is 0.272 e. The molecular weight excluding hydrogens is 410 g/mol. The lowest BCUT2D eigenvalue weighted by Crippen LogP contribution is -2.36. The van der Waals surface area contributed by atoms with Crippen LogP contribution in [0.2, 0.25) is 0 Å². The first-order chi connectivity index (χ1) is 15.2. The van der Waals surface area contributed by atoms with Gasteiger partial charge in [-0.3, -0.25) is 18.6 Å². The van der Waals surface area contributed by atoms with Crippen molar-refractivity contribution in [3.63, 3.8) is 0 Å². The van der Waals surface area contributed by atoms with Crippen LogP contribution >= 0.6 is 11.3 Å². The standard InChI is InChI=1S/C23H25N5O2S/c1-2-3-12-27-22(30)21-18(11-14-31-21)28-19(24-25-23(27)28)8-9-20(29)26-13-10-16-6-4-5-7-17(16)15-26/h4-7,11,14H,2-3,8-10,12-13,15H2,1H3. The maximum atomic E-state index is 12.9. The molecular formula is C23H25N5O2S. The summed E-state index contributed by atoms with van der Waals surface area (Å²) in [6.45, 7) is 4.14. The summed E-state index contributed by atoms with van der Waals surface area (Å²) in [6.07, 6.45) is 3.67. The Morgan fingerprint density at radius 1 is 1.16 bits per heavy atom. The summed E-state index contributed by atoms with van der Waals surface area (Å²) < 4.78 is 4.40. The predicted molar refractivity (Wildman–Crippen MR) is 121 cm³/mol. The fourth-order valence-electron chi connectivity index (χ4n) is 4.35. The molecule has 0 aliphatic carbocycles. The van der Waals surface area contributed by atoms with Gasteiger partial charge in [-0.25, -0.2) is 0 Å². The van der Waals surface area contributed by atoms with Crippen LogP contribution in [0.25, 0.3) is 16.0 Å². The van der Waals surface area contributed by atoms with Gasteiger partial charge in [0.15, 0.2) is 0 Å². The number of hydrogen-bond donors (Lipinski definition) is 0. The SMILES string of the molecule is CCCCn1c(=O)c2sccc2n2c(CCC(=O)N3CCc4ccccc4C3)nnc12. The number of carbonyl (C=O) groups excluding carboxylic acids is 1. The number of unbranched alkanes of at least 4 members (excludes halogenated alkanes) is 1. The highest BCUT2D eigenvalue weighted by molar-refractivity contribution is 7.17. The lowest BCUT2D eigenvalue weighted by molar-refractivity contribution is -0.132. The van der Waals surface area contributed by atoms with Crippen molar-refractivity contribution < 1.29 is 4.79 Å². The maximum absolute atomic E-state index is 12.9. The minimum absolute atomic E-state index is 0.00652. The number of fused-ring (bicyclic) bond motifs is 4. The topological polar surface area (TPSA) is 72.5 Å². The highest BCUT2D eigenvalue weighted by atomic mass is 32.1. The predicted octanol–water partition coefficient (Wildman–Crippen LogP) is 3.42. The highest BCUT2D eigenvalue weighted by Crippen LogP contribution is 2.22. The van der Waals surface area contributed by atoms with Crippen molar-refractivity contribution in [2.45, 2.75) is 52.1 Å². The number of amides is 1. The molecule has 0 N–H and O–H groups in total. The largest absolute Gasteiger partial charge is 0.338 e. The molecule has 1 amide bonds. The second-order valence-corrected chi connectivity index (χ2v) is 8.95. The van der Waals surface area contributed by atoms with Crippen molar-refractivity contribution >= 4 is 33.2 Å². The second-order valence-electron chi connectivity index (χ2n) is 8.03. The molecule has 1 aromatic carbocycles. The zero-order chi connectivity index (χ0) is 21.4. The molecule has 0 radical (unpaired) electrons. The molecule has 0 atom stereocenters.